The Kier molecular flexibility index (Phi) is 6.33. The Hall–Kier alpha value is -0.743. The summed E-state index contributed by atoms with van der Waals surface area (Å²) >= 11 is 0. The molecular formula is C18H38N3Si+. The van der Waals surface area contributed by atoms with Crippen molar-refractivity contribution in [1.82, 2.24) is 4.90 Å². The summed E-state index contributed by atoms with van der Waals surface area (Å²) in [4.78, 5) is 2.53. The van der Waals surface area contributed by atoms with Gasteiger partial charge in [0.2, 0.25) is 0 Å². The number of quaternary nitrogens is 1. The number of rotatable bonds is 6. The van der Waals surface area contributed by atoms with Crippen molar-refractivity contribution < 1.29 is 4.48 Å². The zero-order valence-corrected chi connectivity index (χ0v) is 17.2. The van der Waals surface area contributed by atoms with E-state index in [0.29, 0.717) is 0 Å². The summed E-state index contributed by atoms with van der Waals surface area (Å²) in [7, 11) is 5.89. The highest BCUT2D eigenvalue weighted by atomic mass is 28.3. The van der Waals surface area contributed by atoms with Crippen LogP contribution in [0.25, 0.3) is 0 Å². The second-order valence-electron chi connectivity index (χ2n) is 9.06. The SMILES string of the molecule is C/C(=C\C(CC[Si](C)(C)C)=C(/C)N)N1CCC([N+](C)(C)C)C1. The van der Waals surface area contributed by atoms with E-state index in [1.54, 1.807) is 0 Å². The van der Waals surface area contributed by atoms with Crippen molar-refractivity contribution in [2.45, 2.75) is 58.4 Å². The number of likely N-dealkylation sites (N-methyl/N-ethyl adjacent to an activating group) is 1. The molecule has 0 bridgehead atoms. The molecule has 22 heavy (non-hydrogen) atoms. The molecule has 0 aliphatic carbocycles. The first-order valence-corrected chi connectivity index (χ1v) is 12.3. The van der Waals surface area contributed by atoms with Crippen molar-refractivity contribution in [1.29, 1.82) is 0 Å². The van der Waals surface area contributed by atoms with Gasteiger partial charge in [-0.05, 0) is 31.9 Å². The highest BCUT2D eigenvalue weighted by molar-refractivity contribution is 6.76. The summed E-state index contributed by atoms with van der Waals surface area (Å²) in [6.45, 7) is 13.9. The summed E-state index contributed by atoms with van der Waals surface area (Å²) in [6, 6.07) is 2.04. The summed E-state index contributed by atoms with van der Waals surface area (Å²) < 4.78 is 1.05. The predicted molar refractivity (Wildman–Crippen MR) is 101 cm³/mol. The Labute approximate surface area is 139 Å². The Balaban J connectivity index is 2.75. The third-order valence-electron chi connectivity index (χ3n) is 4.79. The van der Waals surface area contributed by atoms with Gasteiger partial charge >= 0.3 is 0 Å². The third-order valence-corrected chi connectivity index (χ3v) is 6.54. The number of nitrogens with zero attached hydrogens (tertiary/aromatic N) is 2. The lowest BCUT2D eigenvalue weighted by Crippen LogP contribution is -2.46. The average molecular weight is 325 g/mol. The van der Waals surface area contributed by atoms with Crippen LogP contribution in [0.3, 0.4) is 0 Å². The van der Waals surface area contributed by atoms with Gasteiger partial charge in [-0.25, -0.2) is 0 Å². The zero-order valence-electron chi connectivity index (χ0n) is 16.2. The quantitative estimate of drug-likeness (QED) is 0.459. The number of hydrogen-bond donors (Lipinski definition) is 1. The minimum absolute atomic E-state index is 0.733. The Morgan fingerprint density at radius 3 is 2.23 bits per heavy atom. The molecule has 1 aliphatic rings. The molecule has 0 radical (unpaired) electrons. The lowest BCUT2D eigenvalue weighted by molar-refractivity contribution is -0.893. The van der Waals surface area contributed by atoms with Crippen molar-refractivity contribution in [3.8, 4) is 0 Å². The molecular weight excluding hydrogens is 286 g/mol. The third kappa shape index (κ3) is 6.17. The van der Waals surface area contributed by atoms with E-state index in [9.17, 15) is 0 Å². The van der Waals surface area contributed by atoms with Crippen LogP contribution in [0, 0.1) is 0 Å². The summed E-state index contributed by atoms with van der Waals surface area (Å²) in [5.41, 5.74) is 9.85. The summed E-state index contributed by atoms with van der Waals surface area (Å²) in [5.74, 6) is 0. The maximum atomic E-state index is 6.14. The van der Waals surface area contributed by atoms with Gasteiger partial charge in [-0.15, -0.1) is 0 Å². The maximum absolute atomic E-state index is 6.14. The second-order valence-corrected chi connectivity index (χ2v) is 14.7. The van der Waals surface area contributed by atoms with E-state index in [2.05, 4.69) is 58.7 Å². The van der Waals surface area contributed by atoms with Gasteiger partial charge in [-0.1, -0.05) is 25.7 Å². The molecule has 0 aromatic heterocycles. The highest BCUT2D eigenvalue weighted by Gasteiger charge is 2.32. The summed E-state index contributed by atoms with van der Waals surface area (Å²) in [6.07, 6.45) is 4.75. The zero-order chi connectivity index (χ0) is 17.1. The van der Waals surface area contributed by atoms with Crippen LogP contribution in [0.1, 0.15) is 26.7 Å². The largest absolute Gasteiger partial charge is 0.402 e. The van der Waals surface area contributed by atoms with Gasteiger partial charge in [-0.2, -0.15) is 0 Å². The van der Waals surface area contributed by atoms with Crippen LogP contribution >= 0.6 is 0 Å². The second kappa shape index (κ2) is 7.22. The Morgan fingerprint density at radius 1 is 1.23 bits per heavy atom. The van der Waals surface area contributed by atoms with Gasteiger partial charge in [0, 0.05) is 32.4 Å². The van der Waals surface area contributed by atoms with Gasteiger partial charge in [-0.3, -0.25) is 0 Å². The molecule has 4 heteroatoms. The van der Waals surface area contributed by atoms with Gasteiger partial charge in [0.25, 0.3) is 0 Å². The van der Waals surface area contributed by atoms with Crippen molar-refractivity contribution in [3.63, 3.8) is 0 Å². The first-order valence-electron chi connectivity index (χ1n) is 8.60. The van der Waals surface area contributed by atoms with Crippen LogP contribution in [-0.2, 0) is 0 Å². The van der Waals surface area contributed by atoms with E-state index in [1.807, 2.05) is 6.92 Å². The van der Waals surface area contributed by atoms with Crippen LogP contribution in [0.4, 0.5) is 0 Å². The molecule has 1 fully saturated rings. The topological polar surface area (TPSA) is 29.3 Å². The molecule has 1 aliphatic heterocycles. The monoisotopic (exact) mass is 324 g/mol. The van der Waals surface area contributed by atoms with E-state index in [0.717, 1.165) is 29.2 Å². The first kappa shape index (κ1) is 19.3. The molecule has 0 aromatic carbocycles. The van der Waals surface area contributed by atoms with Gasteiger partial charge in [0.15, 0.2) is 0 Å². The molecule has 0 saturated carbocycles. The van der Waals surface area contributed by atoms with Crippen molar-refractivity contribution in [3.05, 3.63) is 23.0 Å². The van der Waals surface area contributed by atoms with Crippen molar-refractivity contribution >= 4 is 8.07 Å². The molecule has 1 heterocycles. The first-order chi connectivity index (χ1) is 9.90. The number of hydrogen-bond acceptors (Lipinski definition) is 2. The fraction of sp³-hybridized carbons (Fsp3) is 0.778. The van der Waals surface area contributed by atoms with Gasteiger partial charge in [0.05, 0.1) is 27.7 Å². The molecule has 1 saturated heterocycles. The van der Waals surface area contributed by atoms with Gasteiger partial charge < -0.3 is 15.1 Å². The molecule has 1 rings (SSSR count). The lowest BCUT2D eigenvalue weighted by atomic mass is 10.1. The van der Waals surface area contributed by atoms with E-state index in [1.165, 1.54) is 30.3 Å². The molecule has 1 unspecified atom stereocenters. The molecule has 0 aromatic rings. The Bertz CT molecular complexity index is 434. The van der Waals surface area contributed by atoms with Crippen molar-refractivity contribution in [2.24, 2.45) is 5.73 Å². The molecule has 128 valence electrons. The number of likely N-dealkylation sites (tertiary alicyclic amines) is 1. The Morgan fingerprint density at radius 2 is 1.82 bits per heavy atom. The van der Waals surface area contributed by atoms with Crippen LogP contribution in [0.5, 0.6) is 0 Å². The van der Waals surface area contributed by atoms with Crippen LogP contribution in [0.15, 0.2) is 23.0 Å². The molecule has 2 N–H and O–H groups in total. The minimum atomic E-state index is -1.02. The van der Waals surface area contributed by atoms with Gasteiger partial charge in [0.1, 0.15) is 6.04 Å². The number of nitrogens with two attached hydrogens (primary N) is 1. The van der Waals surface area contributed by atoms with Crippen LogP contribution < -0.4 is 5.73 Å². The van der Waals surface area contributed by atoms with E-state index in [4.69, 9.17) is 5.73 Å². The minimum Gasteiger partial charge on any atom is -0.402 e. The normalized spacial score (nSPS) is 22.1. The standard InChI is InChI=1S/C18H38N3Si/c1-15(20-11-9-18(14-20)21(3,4)5)13-17(16(2)19)10-12-22(6,7)8/h13,18H,9-12,14,19H2,1-8H3/q+1/b15-13+,17-16+. The van der Waals surface area contributed by atoms with E-state index < -0.39 is 8.07 Å². The average Bonchev–Trinajstić information content (AvgIpc) is 2.81. The molecule has 3 nitrogen and oxygen atoms in total. The molecule has 0 amide bonds. The summed E-state index contributed by atoms with van der Waals surface area (Å²) in [5, 5.41) is 0. The van der Waals surface area contributed by atoms with Crippen molar-refractivity contribution in [2.75, 3.05) is 34.2 Å². The highest BCUT2D eigenvalue weighted by Crippen LogP contribution is 2.24. The molecule has 1 atom stereocenters. The predicted octanol–water partition coefficient (Wildman–Crippen LogP) is 3.63. The van der Waals surface area contributed by atoms with E-state index in [-0.39, 0.29) is 0 Å². The number of allylic oxidation sites excluding steroid dienone is 4. The van der Waals surface area contributed by atoms with Crippen LogP contribution in [0.2, 0.25) is 25.7 Å². The smallest absolute Gasteiger partial charge is 0.108 e. The molecule has 0 spiro atoms. The fourth-order valence-electron chi connectivity index (χ4n) is 2.93. The van der Waals surface area contributed by atoms with E-state index >= 15 is 0 Å². The fourth-order valence-corrected chi connectivity index (χ4v) is 3.95. The lowest BCUT2D eigenvalue weighted by Gasteiger charge is -2.31. The maximum Gasteiger partial charge on any atom is 0.108 e. The van der Waals surface area contributed by atoms with Crippen LogP contribution in [-0.4, -0.2) is 57.7 Å².